The summed E-state index contributed by atoms with van der Waals surface area (Å²) in [6.07, 6.45) is 7.62. The van der Waals surface area contributed by atoms with Gasteiger partial charge >= 0.3 is 0 Å². The molecule has 1 aliphatic heterocycles. The zero-order valence-corrected chi connectivity index (χ0v) is 14.8. The molecule has 2 aromatic heterocycles. The lowest BCUT2D eigenvalue weighted by Gasteiger charge is -2.32. The highest BCUT2D eigenvalue weighted by Gasteiger charge is 2.31. The van der Waals surface area contributed by atoms with Crippen LogP contribution in [0.3, 0.4) is 0 Å². The molecule has 3 heterocycles. The number of hydrogen-bond donors (Lipinski definition) is 1. The zero-order chi connectivity index (χ0) is 17.8. The molecule has 0 bridgehead atoms. The quantitative estimate of drug-likeness (QED) is 0.928. The number of nitrogens with one attached hydrogen (secondary N) is 1. The van der Waals surface area contributed by atoms with Crippen molar-refractivity contribution in [1.82, 2.24) is 14.8 Å². The highest BCUT2D eigenvalue weighted by atomic mass is 16.3. The number of aryl methyl sites for hydroxylation is 1. The molecule has 1 N–H and O–H groups in total. The van der Waals surface area contributed by atoms with Crippen LogP contribution < -0.4 is 5.32 Å². The monoisotopic (exact) mass is 343 g/mol. The van der Waals surface area contributed by atoms with Crippen LogP contribution in [-0.2, 0) is 11.8 Å². The number of carbonyl (C=O) groups excluding carboxylic acids is 2. The Morgan fingerprint density at radius 2 is 2.08 bits per heavy atom. The zero-order valence-electron chi connectivity index (χ0n) is 14.8. The fourth-order valence-corrected chi connectivity index (χ4v) is 3.49. The van der Waals surface area contributed by atoms with Crippen LogP contribution in [0.4, 0.5) is 0 Å². The van der Waals surface area contributed by atoms with E-state index in [4.69, 9.17) is 4.42 Å². The molecule has 2 atom stereocenters. The largest absolute Gasteiger partial charge is 0.459 e. The SMILES string of the molecule is C[C@H](NC(=O)c1ccco1)C(=O)N1CCCCC[C@H]1c1cccn1C. The van der Waals surface area contributed by atoms with Crippen molar-refractivity contribution in [3.05, 3.63) is 48.2 Å². The van der Waals surface area contributed by atoms with Crippen LogP contribution in [0, 0.1) is 0 Å². The highest BCUT2D eigenvalue weighted by Crippen LogP contribution is 2.30. The fraction of sp³-hybridized carbons (Fsp3) is 0.474. The third kappa shape index (κ3) is 3.78. The van der Waals surface area contributed by atoms with Crippen molar-refractivity contribution in [2.24, 2.45) is 7.05 Å². The molecule has 1 saturated heterocycles. The third-order valence-electron chi connectivity index (χ3n) is 4.82. The van der Waals surface area contributed by atoms with Crippen molar-refractivity contribution in [3.8, 4) is 0 Å². The number of aromatic nitrogens is 1. The molecule has 0 saturated carbocycles. The Morgan fingerprint density at radius 3 is 2.76 bits per heavy atom. The van der Waals surface area contributed by atoms with Crippen molar-refractivity contribution in [3.63, 3.8) is 0 Å². The van der Waals surface area contributed by atoms with Gasteiger partial charge in [0.05, 0.1) is 12.3 Å². The smallest absolute Gasteiger partial charge is 0.287 e. The van der Waals surface area contributed by atoms with E-state index in [1.807, 2.05) is 24.2 Å². The number of rotatable bonds is 4. The fourth-order valence-electron chi connectivity index (χ4n) is 3.49. The van der Waals surface area contributed by atoms with Crippen LogP contribution in [0.15, 0.2) is 41.1 Å². The molecule has 0 aromatic carbocycles. The summed E-state index contributed by atoms with van der Waals surface area (Å²) < 4.78 is 7.17. The van der Waals surface area contributed by atoms with Crippen LogP contribution in [0.5, 0.6) is 0 Å². The normalized spacial score (nSPS) is 19.3. The summed E-state index contributed by atoms with van der Waals surface area (Å²) in [5.74, 6) is -0.196. The van der Waals surface area contributed by atoms with Crippen LogP contribution in [-0.4, -0.2) is 33.9 Å². The van der Waals surface area contributed by atoms with Gasteiger partial charge in [0.25, 0.3) is 5.91 Å². The number of carbonyl (C=O) groups is 2. The van der Waals surface area contributed by atoms with Crippen molar-refractivity contribution in [2.45, 2.75) is 44.7 Å². The molecular weight excluding hydrogens is 318 g/mol. The second-order valence-electron chi connectivity index (χ2n) is 6.61. The molecule has 0 unspecified atom stereocenters. The van der Waals surface area contributed by atoms with Gasteiger partial charge in [0.15, 0.2) is 5.76 Å². The van der Waals surface area contributed by atoms with Gasteiger partial charge in [-0.2, -0.15) is 0 Å². The van der Waals surface area contributed by atoms with E-state index in [1.165, 1.54) is 6.26 Å². The number of likely N-dealkylation sites (tertiary alicyclic amines) is 1. The van der Waals surface area contributed by atoms with E-state index < -0.39 is 6.04 Å². The molecule has 2 aromatic rings. The van der Waals surface area contributed by atoms with Gasteiger partial charge < -0.3 is 19.2 Å². The molecule has 2 amide bonds. The van der Waals surface area contributed by atoms with Crippen molar-refractivity contribution in [1.29, 1.82) is 0 Å². The Labute approximate surface area is 147 Å². The molecule has 0 spiro atoms. The Morgan fingerprint density at radius 1 is 1.24 bits per heavy atom. The number of amides is 2. The first-order valence-electron chi connectivity index (χ1n) is 8.84. The summed E-state index contributed by atoms with van der Waals surface area (Å²) in [5.41, 5.74) is 1.14. The van der Waals surface area contributed by atoms with Gasteiger partial charge in [-0.15, -0.1) is 0 Å². The van der Waals surface area contributed by atoms with Crippen molar-refractivity contribution >= 4 is 11.8 Å². The summed E-state index contributed by atoms with van der Waals surface area (Å²) in [4.78, 5) is 27.1. The van der Waals surface area contributed by atoms with E-state index in [1.54, 1.807) is 19.1 Å². The summed E-state index contributed by atoms with van der Waals surface area (Å²) >= 11 is 0. The van der Waals surface area contributed by atoms with E-state index in [-0.39, 0.29) is 23.6 Å². The molecular formula is C19H25N3O3. The Balaban J connectivity index is 1.75. The van der Waals surface area contributed by atoms with E-state index in [9.17, 15) is 9.59 Å². The molecule has 6 nitrogen and oxygen atoms in total. The second kappa shape index (κ2) is 7.59. The Kier molecular flexibility index (Phi) is 5.26. The lowest BCUT2D eigenvalue weighted by molar-refractivity contribution is -0.135. The van der Waals surface area contributed by atoms with Gasteiger partial charge in [-0.05, 0) is 44.0 Å². The Hall–Kier alpha value is -2.50. The van der Waals surface area contributed by atoms with Crippen LogP contribution in [0.2, 0.25) is 0 Å². The highest BCUT2D eigenvalue weighted by molar-refractivity contribution is 5.95. The van der Waals surface area contributed by atoms with Gasteiger partial charge in [0, 0.05) is 25.5 Å². The van der Waals surface area contributed by atoms with Gasteiger partial charge in [-0.1, -0.05) is 12.8 Å². The van der Waals surface area contributed by atoms with Crippen LogP contribution >= 0.6 is 0 Å². The van der Waals surface area contributed by atoms with Crippen LogP contribution in [0.25, 0.3) is 0 Å². The first-order valence-corrected chi connectivity index (χ1v) is 8.84. The standard InChI is InChI=1S/C19H25N3O3/c1-14(20-18(23)17-10-7-13-25-17)19(24)22-12-5-3-4-8-16(22)15-9-6-11-21(15)2/h6-7,9-11,13-14,16H,3-5,8,12H2,1-2H3,(H,20,23)/t14-,16-/m0/s1. The first-order chi connectivity index (χ1) is 12.1. The van der Waals surface area contributed by atoms with Gasteiger partial charge in [0.1, 0.15) is 6.04 Å². The molecule has 25 heavy (non-hydrogen) atoms. The van der Waals surface area contributed by atoms with Crippen molar-refractivity contribution in [2.75, 3.05) is 6.54 Å². The summed E-state index contributed by atoms with van der Waals surface area (Å²) in [5, 5.41) is 2.75. The minimum Gasteiger partial charge on any atom is -0.459 e. The number of furan rings is 1. The lowest BCUT2D eigenvalue weighted by Crippen LogP contribution is -2.48. The molecule has 6 heteroatoms. The van der Waals surface area contributed by atoms with E-state index in [2.05, 4.69) is 16.0 Å². The van der Waals surface area contributed by atoms with E-state index in [0.717, 1.165) is 37.9 Å². The number of hydrogen-bond acceptors (Lipinski definition) is 3. The molecule has 0 radical (unpaired) electrons. The second-order valence-corrected chi connectivity index (χ2v) is 6.61. The summed E-state index contributed by atoms with van der Waals surface area (Å²) in [6, 6.07) is 6.77. The molecule has 134 valence electrons. The molecule has 1 aliphatic rings. The van der Waals surface area contributed by atoms with E-state index in [0.29, 0.717) is 0 Å². The third-order valence-corrected chi connectivity index (χ3v) is 4.82. The predicted octanol–water partition coefficient (Wildman–Crippen LogP) is 2.88. The first kappa shape index (κ1) is 17.3. The maximum absolute atomic E-state index is 13.0. The minimum atomic E-state index is -0.599. The predicted molar refractivity (Wildman–Crippen MR) is 94.0 cm³/mol. The molecule has 1 fully saturated rings. The minimum absolute atomic E-state index is 0.0481. The number of nitrogens with zero attached hydrogens (tertiary/aromatic N) is 2. The maximum atomic E-state index is 13.0. The lowest BCUT2D eigenvalue weighted by atomic mass is 10.1. The van der Waals surface area contributed by atoms with Gasteiger partial charge in [-0.25, -0.2) is 0 Å². The summed E-state index contributed by atoms with van der Waals surface area (Å²) in [7, 11) is 2.00. The molecule has 0 aliphatic carbocycles. The Bertz CT molecular complexity index is 720. The van der Waals surface area contributed by atoms with Gasteiger partial charge in [0.2, 0.25) is 5.91 Å². The van der Waals surface area contributed by atoms with Crippen LogP contribution in [0.1, 0.15) is 54.9 Å². The van der Waals surface area contributed by atoms with E-state index >= 15 is 0 Å². The average molecular weight is 343 g/mol. The summed E-state index contributed by atoms with van der Waals surface area (Å²) in [6.45, 7) is 2.45. The topological polar surface area (TPSA) is 67.5 Å². The van der Waals surface area contributed by atoms with Crippen molar-refractivity contribution < 1.29 is 14.0 Å². The van der Waals surface area contributed by atoms with Gasteiger partial charge in [-0.3, -0.25) is 9.59 Å². The maximum Gasteiger partial charge on any atom is 0.287 e. The average Bonchev–Trinajstić information content (AvgIpc) is 3.21. The molecule has 3 rings (SSSR count).